The second kappa shape index (κ2) is 3.77. The van der Waals surface area contributed by atoms with Gasteiger partial charge >= 0.3 is 5.97 Å². The minimum Gasteiger partial charge on any atom is -0.496 e. The minimum absolute atomic E-state index is 0.242. The first-order valence-corrected chi connectivity index (χ1v) is 4.83. The molecule has 3 heteroatoms. The molecule has 0 unspecified atom stereocenters. The quantitative estimate of drug-likeness (QED) is 0.804. The zero-order chi connectivity index (χ0) is 10.8. The van der Waals surface area contributed by atoms with Gasteiger partial charge in [0.15, 0.2) is 0 Å². The highest BCUT2D eigenvalue weighted by Gasteiger charge is 2.15. The number of allylic oxidation sites excluding steroid dienone is 1. The number of benzene rings is 1. The van der Waals surface area contributed by atoms with Crippen molar-refractivity contribution >= 4 is 12.0 Å². The number of carbonyl (C=O) groups is 1. The van der Waals surface area contributed by atoms with E-state index in [2.05, 4.69) is 6.08 Å². The second-order valence-corrected chi connectivity index (χ2v) is 3.50. The molecule has 1 aliphatic carbocycles. The Kier molecular flexibility index (Phi) is 2.46. The van der Waals surface area contributed by atoms with Gasteiger partial charge in [0.2, 0.25) is 0 Å². The normalized spacial score (nSPS) is 13.4. The molecule has 2 rings (SSSR count). The zero-order valence-corrected chi connectivity index (χ0v) is 8.49. The average molecular weight is 204 g/mol. The summed E-state index contributed by atoms with van der Waals surface area (Å²) in [6.07, 6.45) is 5.96. The number of methoxy groups -OCH3 is 1. The lowest BCUT2D eigenvalue weighted by Gasteiger charge is -2.13. The molecule has 1 N–H and O–H groups in total. The molecule has 78 valence electrons. The van der Waals surface area contributed by atoms with Gasteiger partial charge in [-0.15, -0.1) is 0 Å². The summed E-state index contributed by atoms with van der Waals surface area (Å²) in [4.78, 5) is 11.0. The van der Waals surface area contributed by atoms with E-state index in [9.17, 15) is 4.79 Å². The van der Waals surface area contributed by atoms with Crippen molar-refractivity contribution in [2.24, 2.45) is 0 Å². The third kappa shape index (κ3) is 1.73. The van der Waals surface area contributed by atoms with E-state index in [0.717, 1.165) is 24.0 Å². The molecule has 0 atom stereocenters. The van der Waals surface area contributed by atoms with Crippen molar-refractivity contribution in [3.63, 3.8) is 0 Å². The Morgan fingerprint density at radius 2 is 2.27 bits per heavy atom. The Labute approximate surface area is 88.0 Å². The van der Waals surface area contributed by atoms with Crippen molar-refractivity contribution in [2.75, 3.05) is 7.11 Å². The molecule has 0 aliphatic heterocycles. The summed E-state index contributed by atoms with van der Waals surface area (Å²) in [6, 6.07) is 3.49. The maximum absolute atomic E-state index is 11.0. The molecule has 0 saturated heterocycles. The number of carboxylic acids is 1. The third-order valence-electron chi connectivity index (χ3n) is 2.57. The van der Waals surface area contributed by atoms with Crippen molar-refractivity contribution in [3.8, 4) is 5.75 Å². The van der Waals surface area contributed by atoms with Crippen LogP contribution in [0, 0.1) is 0 Å². The summed E-state index contributed by atoms with van der Waals surface area (Å²) < 4.78 is 5.06. The van der Waals surface area contributed by atoms with Gasteiger partial charge in [0.25, 0.3) is 0 Å². The first kappa shape index (κ1) is 9.77. The van der Waals surface area contributed by atoms with E-state index < -0.39 is 5.97 Å². The van der Waals surface area contributed by atoms with Gasteiger partial charge in [-0.1, -0.05) is 12.2 Å². The van der Waals surface area contributed by atoms with Gasteiger partial charge in [-0.3, -0.25) is 0 Å². The minimum atomic E-state index is -0.941. The maximum atomic E-state index is 11.0. The summed E-state index contributed by atoms with van der Waals surface area (Å²) in [5.41, 5.74) is 2.38. The smallest absolute Gasteiger partial charge is 0.339 e. The second-order valence-electron chi connectivity index (χ2n) is 3.50. The summed E-state index contributed by atoms with van der Waals surface area (Å²) >= 11 is 0. The predicted octanol–water partition coefficient (Wildman–Crippen LogP) is 2.35. The van der Waals surface area contributed by atoms with Crippen LogP contribution in [0.25, 0.3) is 6.08 Å². The third-order valence-corrected chi connectivity index (χ3v) is 2.57. The molecule has 15 heavy (non-hydrogen) atoms. The fourth-order valence-corrected chi connectivity index (χ4v) is 1.80. The molecule has 0 amide bonds. The van der Waals surface area contributed by atoms with E-state index in [1.54, 1.807) is 12.1 Å². The van der Waals surface area contributed by atoms with Crippen molar-refractivity contribution in [1.29, 1.82) is 0 Å². The summed E-state index contributed by atoms with van der Waals surface area (Å²) in [5.74, 6) is -0.517. The van der Waals surface area contributed by atoms with Crippen LogP contribution in [0.15, 0.2) is 18.2 Å². The molecular weight excluding hydrogens is 192 g/mol. The van der Waals surface area contributed by atoms with Gasteiger partial charge in [0.1, 0.15) is 11.3 Å². The van der Waals surface area contributed by atoms with Gasteiger partial charge in [-0.25, -0.2) is 4.79 Å². The van der Waals surface area contributed by atoms with E-state index >= 15 is 0 Å². The van der Waals surface area contributed by atoms with Gasteiger partial charge < -0.3 is 9.84 Å². The highest BCUT2D eigenvalue weighted by Crippen LogP contribution is 2.28. The van der Waals surface area contributed by atoms with Crippen LogP contribution >= 0.6 is 0 Å². The van der Waals surface area contributed by atoms with Crippen molar-refractivity contribution < 1.29 is 14.6 Å². The molecule has 0 fully saturated rings. The molecule has 0 heterocycles. The first-order chi connectivity index (χ1) is 7.22. The number of carboxylic acid groups (broad SMARTS) is 1. The Bertz CT molecular complexity index is 433. The van der Waals surface area contributed by atoms with Crippen molar-refractivity contribution in [3.05, 3.63) is 34.9 Å². The van der Waals surface area contributed by atoms with E-state index in [1.165, 1.54) is 7.11 Å². The lowest BCUT2D eigenvalue weighted by molar-refractivity contribution is 0.0693. The molecule has 0 spiro atoms. The van der Waals surface area contributed by atoms with Gasteiger partial charge in [-0.2, -0.15) is 0 Å². The van der Waals surface area contributed by atoms with Crippen molar-refractivity contribution in [2.45, 2.75) is 12.8 Å². The van der Waals surface area contributed by atoms with E-state index in [-0.39, 0.29) is 5.56 Å². The SMILES string of the molecule is COc1cc2c(cc1C(=O)O)CCC=C2. The lowest BCUT2D eigenvalue weighted by atomic mass is 9.95. The van der Waals surface area contributed by atoms with Gasteiger partial charge in [-0.05, 0) is 36.1 Å². The van der Waals surface area contributed by atoms with Gasteiger partial charge in [0, 0.05) is 0 Å². The number of fused-ring (bicyclic) bond motifs is 1. The molecule has 1 aromatic carbocycles. The Morgan fingerprint density at radius 3 is 2.93 bits per heavy atom. The number of aryl methyl sites for hydroxylation is 1. The summed E-state index contributed by atoms with van der Waals surface area (Å²) in [6.45, 7) is 0. The molecular formula is C12H12O3. The van der Waals surface area contributed by atoms with Crippen LogP contribution in [0.4, 0.5) is 0 Å². The molecule has 0 bridgehead atoms. The monoisotopic (exact) mass is 204 g/mol. The van der Waals surface area contributed by atoms with Crippen LogP contribution < -0.4 is 4.74 Å². The van der Waals surface area contributed by atoms with Crippen LogP contribution in [0.3, 0.4) is 0 Å². The number of hydrogen-bond donors (Lipinski definition) is 1. The topological polar surface area (TPSA) is 46.5 Å². The summed E-state index contributed by atoms with van der Waals surface area (Å²) in [7, 11) is 1.49. The number of rotatable bonds is 2. The first-order valence-electron chi connectivity index (χ1n) is 4.83. The fraction of sp³-hybridized carbons (Fsp3) is 0.250. The maximum Gasteiger partial charge on any atom is 0.339 e. The molecule has 0 aromatic heterocycles. The van der Waals surface area contributed by atoms with E-state index in [4.69, 9.17) is 9.84 Å². The largest absolute Gasteiger partial charge is 0.496 e. The molecule has 3 nitrogen and oxygen atoms in total. The van der Waals surface area contributed by atoms with Gasteiger partial charge in [0.05, 0.1) is 7.11 Å². The van der Waals surface area contributed by atoms with Crippen LogP contribution in [-0.2, 0) is 6.42 Å². The average Bonchev–Trinajstić information content (AvgIpc) is 2.27. The Hall–Kier alpha value is -1.77. The highest BCUT2D eigenvalue weighted by molar-refractivity contribution is 5.92. The van der Waals surface area contributed by atoms with Crippen LogP contribution in [0.2, 0.25) is 0 Å². The molecule has 0 radical (unpaired) electrons. The standard InChI is InChI=1S/C12H12O3/c1-15-11-7-9-5-3-2-4-8(9)6-10(11)12(13)14/h3,5-7H,2,4H2,1H3,(H,13,14). The number of aromatic carboxylic acids is 1. The Morgan fingerprint density at radius 1 is 1.47 bits per heavy atom. The molecule has 0 saturated carbocycles. The number of hydrogen-bond acceptors (Lipinski definition) is 2. The zero-order valence-electron chi connectivity index (χ0n) is 8.49. The van der Waals surface area contributed by atoms with Crippen molar-refractivity contribution in [1.82, 2.24) is 0 Å². The predicted molar refractivity (Wildman–Crippen MR) is 57.3 cm³/mol. The van der Waals surface area contributed by atoms with E-state index in [1.807, 2.05) is 6.08 Å². The lowest BCUT2D eigenvalue weighted by Crippen LogP contribution is -2.04. The molecule has 1 aliphatic rings. The number of ether oxygens (including phenoxy) is 1. The van der Waals surface area contributed by atoms with E-state index in [0.29, 0.717) is 5.75 Å². The van der Waals surface area contributed by atoms with Crippen LogP contribution in [-0.4, -0.2) is 18.2 Å². The van der Waals surface area contributed by atoms with Crippen LogP contribution in [0.1, 0.15) is 27.9 Å². The fourth-order valence-electron chi connectivity index (χ4n) is 1.80. The highest BCUT2D eigenvalue weighted by atomic mass is 16.5. The van der Waals surface area contributed by atoms with Crippen LogP contribution in [0.5, 0.6) is 5.75 Å². The Balaban J connectivity index is 2.57. The summed E-state index contributed by atoms with van der Waals surface area (Å²) in [5, 5.41) is 9.00. The molecule has 1 aromatic rings.